The number of tetrazole rings is 1. The molecule has 0 saturated heterocycles. The number of allylic oxidation sites excluding steroid dienone is 5. The first-order chi connectivity index (χ1) is 21.0. The first-order valence-corrected chi connectivity index (χ1v) is 14.6. The van der Waals surface area contributed by atoms with Crippen molar-refractivity contribution in [2.45, 2.75) is 20.4 Å². The second kappa shape index (κ2) is 15.8. The van der Waals surface area contributed by atoms with Crippen molar-refractivity contribution in [1.29, 1.82) is 0 Å². The smallest absolute Gasteiger partial charge is 0.340 e. The lowest BCUT2D eigenvalue weighted by atomic mass is 9.95. The van der Waals surface area contributed by atoms with Crippen LogP contribution in [0.15, 0.2) is 67.3 Å². The van der Waals surface area contributed by atoms with E-state index < -0.39 is 5.97 Å². The standard InChI is InChI=1S/C29H33N7O6S/c1-4-8-23(22(5-2)27-31-33-34-32-27)21-13-11-20(12-14-21)19-35-26-24(9-7-10-25(26)30-29(35)40-6-3)28(37)41-15-17-43-18-16-42-36(38)39/h4-5,7-14,38-39H,1,6,15-19H2,2-3H3,(H,31,32,33,34)/b22-5+,23-8-. The van der Waals surface area contributed by atoms with Crippen molar-refractivity contribution in [2.75, 3.05) is 31.3 Å². The number of hydrogen-bond acceptors (Lipinski definition) is 12. The number of nitrogens with one attached hydrogen (secondary N) is 1. The number of carbonyl (C=O) groups is 1. The highest BCUT2D eigenvalue weighted by Gasteiger charge is 2.21. The number of rotatable bonds is 16. The van der Waals surface area contributed by atoms with E-state index in [0.29, 0.717) is 53.1 Å². The van der Waals surface area contributed by atoms with Gasteiger partial charge in [-0.15, -0.1) is 10.2 Å². The van der Waals surface area contributed by atoms with Gasteiger partial charge in [-0.1, -0.05) is 55.1 Å². The lowest BCUT2D eigenvalue weighted by Crippen LogP contribution is -2.16. The summed E-state index contributed by atoms with van der Waals surface area (Å²) in [6.07, 6.45) is 5.54. The molecule has 0 unspecified atom stereocenters. The third-order valence-electron chi connectivity index (χ3n) is 6.18. The Hall–Kier alpha value is -4.34. The maximum atomic E-state index is 13.1. The summed E-state index contributed by atoms with van der Waals surface area (Å²) < 4.78 is 13.3. The van der Waals surface area contributed by atoms with Gasteiger partial charge in [0.15, 0.2) is 0 Å². The summed E-state index contributed by atoms with van der Waals surface area (Å²) in [5.74, 6) is 1.02. The number of fused-ring (bicyclic) bond motifs is 1. The highest BCUT2D eigenvalue weighted by molar-refractivity contribution is 7.99. The van der Waals surface area contributed by atoms with E-state index in [2.05, 4.69) is 37.0 Å². The fraction of sp³-hybridized carbons (Fsp3) is 0.276. The number of benzene rings is 2. The Morgan fingerprint density at radius 1 is 1.14 bits per heavy atom. The molecular weight excluding hydrogens is 574 g/mol. The topological polar surface area (TPSA) is 161 Å². The summed E-state index contributed by atoms with van der Waals surface area (Å²) in [6.45, 7) is 8.74. The second-order valence-electron chi connectivity index (χ2n) is 8.87. The molecule has 0 bridgehead atoms. The monoisotopic (exact) mass is 607 g/mol. The highest BCUT2D eigenvalue weighted by atomic mass is 32.2. The van der Waals surface area contributed by atoms with Gasteiger partial charge in [-0.3, -0.25) is 15.0 Å². The van der Waals surface area contributed by atoms with Gasteiger partial charge in [0.25, 0.3) is 6.01 Å². The molecule has 0 spiro atoms. The molecule has 4 aromatic rings. The summed E-state index contributed by atoms with van der Waals surface area (Å²) in [7, 11) is 0. The van der Waals surface area contributed by atoms with Crippen LogP contribution in [0.25, 0.3) is 22.2 Å². The molecule has 3 N–H and O–H groups in total. The van der Waals surface area contributed by atoms with Gasteiger partial charge in [0.05, 0.1) is 41.7 Å². The van der Waals surface area contributed by atoms with E-state index in [1.165, 1.54) is 11.8 Å². The van der Waals surface area contributed by atoms with Crippen molar-refractivity contribution in [3.8, 4) is 6.01 Å². The van der Waals surface area contributed by atoms with Crippen LogP contribution in [0.3, 0.4) is 0 Å². The summed E-state index contributed by atoms with van der Waals surface area (Å²) in [4.78, 5) is 22.3. The summed E-state index contributed by atoms with van der Waals surface area (Å²) in [6, 6.07) is 13.7. The van der Waals surface area contributed by atoms with E-state index in [1.54, 1.807) is 18.2 Å². The first kappa shape index (κ1) is 31.6. The molecule has 0 saturated carbocycles. The molecule has 2 heterocycles. The Labute approximate surface area is 252 Å². The number of nitrogens with zero attached hydrogens (tertiary/aromatic N) is 6. The molecule has 0 aliphatic carbocycles. The molecule has 0 radical (unpaired) electrons. The summed E-state index contributed by atoms with van der Waals surface area (Å²) >= 11 is 1.45. The molecule has 13 nitrogen and oxygen atoms in total. The zero-order chi connectivity index (χ0) is 30.6. The number of esters is 1. The van der Waals surface area contributed by atoms with Crippen LogP contribution in [0.4, 0.5) is 0 Å². The van der Waals surface area contributed by atoms with E-state index in [4.69, 9.17) is 19.9 Å². The Balaban J connectivity index is 1.55. The largest absolute Gasteiger partial charge is 0.465 e. The molecule has 14 heteroatoms. The van der Waals surface area contributed by atoms with Crippen LogP contribution in [0.2, 0.25) is 0 Å². The number of para-hydroxylation sites is 1. The third-order valence-corrected chi connectivity index (χ3v) is 7.09. The van der Waals surface area contributed by atoms with Crippen LogP contribution >= 0.6 is 11.8 Å². The Morgan fingerprint density at radius 2 is 1.93 bits per heavy atom. The van der Waals surface area contributed by atoms with E-state index in [0.717, 1.165) is 22.3 Å². The third kappa shape index (κ3) is 8.15. The number of aromatic nitrogens is 6. The second-order valence-corrected chi connectivity index (χ2v) is 10.1. The minimum Gasteiger partial charge on any atom is -0.465 e. The van der Waals surface area contributed by atoms with Crippen LogP contribution in [0.5, 0.6) is 6.01 Å². The average molecular weight is 608 g/mol. The predicted molar refractivity (Wildman–Crippen MR) is 161 cm³/mol. The number of H-pyrrole nitrogens is 1. The zero-order valence-electron chi connectivity index (χ0n) is 23.8. The minimum atomic E-state index is -0.474. The Bertz CT molecular complexity index is 1570. The lowest BCUT2D eigenvalue weighted by Gasteiger charge is -2.13. The van der Waals surface area contributed by atoms with Crippen LogP contribution < -0.4 is 4.74 Å². The summed E-state index contributed by atoms with van der Waals surface area (Å²) in [5.41, 5.74) is 5.24. The Morgan fingerprint density at radius 3 is 2.60 bits per heavy atom. The van der Waals surface area contributed by atoms with E-state index in [9.17, 15) is 4.79 Å². The molecule has 0 aliphatic heterocycles. The maximum absolute atomic E-state index is 13.1. The number of ether oxygens (including phenoxy) is 2. The van der Waals surface area contributed by atoms with E-state index in [1.807, 2.05) is 60.9 Å². The van der Waals surface area contributed by atoms with Gasteiger partial charge >= 0.3 is 5.97 Å². The van der Waals surface area contributed by atoms with Crippen molar-refractivity contribution in [3.05, 3.63) is 89.8 Å². The molecule has 43 heavy (non-hydrogen) atoms. The van der Waals surface area contributed by atoms with Crippen LogP contribution in [0, 0.1) is 0 Å². The van der Waals surface area contributed by atoms with Crippen molar-refractivity contribution in [2.24, 2.45) is 0 Å². The lowest BCUT2D eigenvalue weighted by molar-refractivity contribution is -0.490. The number of thioether (sulfide) groups is 1. The highest BCUT2D eigenvalue weighted by Crippen LogP contribution is 2.31. The molecule has 0 fully saturated rings. The van der Waals surface area contributed by atoms with Crippen LogP contribution in [0.1, 0.15) is 41.2 Å². The van der Waals surface area contributed by atoms with Crippen molar-refractivity contribution < 1.29 is 29.5 Å². The molecule has 0 aliphatic rings. The van der Waals surface area contributed by atoms with E-state index in [-0.39, 0.29) is 18.6 Å². The molecular formula is C29H33N7O6S. The maximum Gasteiger partial charge on any atom is 0.340 e. The molecule has 226 valence electrons. The number of imidazole rings is 1. The first-order valence-electron chi connectivity index (χ1n) is 13.5. The fourth-order valence-corrected chi connectivity index (χ4v) is 4.98. The van der Waals surface area contributed by atoms with Crippen molar-refractivity contribution >= 4 is 39.9 Å². The molecule has 0 atom stereocenters. The predicted octanol–water partition coefficient (Wildman–Crippen LogP) is 4.57. The van der Waals surface area contributed by atoms with E-state index >= 15 is 0 Å². The number of hydrogen-bond donors (Lipinski definition) is 3. The number of carbonyl (C=O) groups excluding carboxylic acids is 1. The SMILES string of the molecule is C=C/C=C(\C(=C/C)c1nn[nH]n1)c1ccc(Cn2c(OCC)nc3cccc(C(=O)OCCSCCON(O)O)c32)cc1. The summed E-state index contributed by atoms with van der Waals surface area (Å²) in [5, 5.41) is 31.2. The average Bonchev–Trinajstić information content (AvgIpc) is 3.66. The van der Waals surface area contributed by atoms with Gasteiger partial charge < -0.3 is 9.47 Å². The quantitative estimate of drug-likeness (QED) is 0.0705. The van der Waals surface area contributed by atoms with Crippen molar-refractivity contribution in [1.82, 2.24) is 35.6 Å². The molecule has 0 amide bonds. The van der Waals surface area contributed by atoms with Gasteiger partial charge in [0.1, 0.15) is 6.61 Å². The molecule has 2 aromatic carbocycles. The van der Waals surface area contributed by atoms with Crippen molar-refractivity contribution in [3.63, 3.8) is 0 Å². The molecule has 4 rings (SSSR count). The van der Waals surface area contributed by atoms with Crippen LogP contribution in [-0.4, -0.2) is 83.3 Å². The van der Waals surface area contributed by atoms with Gasteiger partial charge in [0, 0.05) is 17.1 Å². The van der Waals surface area contributed by atoms with Gasteiger partial charge in [-0.2, -0.15) is 22.0 Å². The van der Waals surface area contributed by atoms with Gasteiger partial charge in [-0.05, 0) is 47.9 Å². The fourth-order valence-electron chi connectivity index (χ4n) is 4.38. The number of aromatic amines is 1. The molecule has 2 aromatic heterocycles. The zero-order valence-corrected chi connectivity index (χ0v) is 24.7. The minimum absolute atomic E-state index is 0.104. The van der Waals surface area contributed by atoms with Crippen LogP contribution in [-0.2, 0) is 16.1 Å². The van der Waals surface area contributed by atoms with Gasteiger partial charge in [-0.25, -0.2) is 9.63 Å². The Kier molecular flexibility index (Phi) is 11.6. The normalized spacial score (nSPS) is 12.2. The van der Waals surface area contributed by atoms with Gasteiger partial charge in [0.2, 0.25) is 5.82 Å².